The van der Waals surface area contributed by atoms with Gasteiger partial charge in [0.1, 0.15) is 0 Å². The Kier molecular flexibility index (Phi) is 4.27. The zero-order valence-electron chi connectivity index (χ0n) is 14.7. The quantitative estimate of drug-likeness (QED) is 0.101. The maximum atomic E-state index is 13.4. The Balaban J connectivity index is 1.91. The third kappa shape index (κ3) is 3.13. The molecule has 3 unspecified atom stereocenters. The molecule has 3 rings (SSSR count). The minimum absolute atomic E-state index is 0.396. The van der Waals surface area contributed by atoms with Crippen molar-refractivity contribution in [2.75, 3.05) is 0 Å². The van der Waals surface area contributed by atoms with Gasteiger partial charge in [-0.3, -0.25) is 0 Å². The van der Waals surface area contributed by atoms with Crippen LogP contribution >= 0.6 is 20.4 Å². The van der Waals surface area contributed by atoms with Crippen LogP contribution in [-0.2, 0) is 14.3 Å². The number of halogens is 7. The molecule has 6 nitrogen and oxygen atoms in total. The Morgan fingerprint density at radius 1 is 1.07 bits per heavy atom. The van der Waals surface area contributed by atoms with E-state index in [-0.39, 0.29) is 0 Å². The average molecular weight is 520 g/mol. The van der Waals surface area contributed by atoms with Crippen molar-refractivity contribution >= 4 is 26.3 Å². The van der Waals surface area contributed by atoms with Gasteiger partial charge < -0.3 is 0 Å². The van der Waals surface area contributed by atoms with Gasteiger partial charge in [0.15, 0.2) is 0 Å². The van der Waals surface area contributed by atoms with Crippen LogP contribution in [-0.4, -0.2) is 44.1 Å². The molecule has 13 heteroatoms. The third-order valence-electron chi connectivity index (χ3n) is 5.13. The number of alkyl halides is 7. The number of ether oxygens (including phenoxy) is 2. The number of nitrogens with one attached hydrogen (secondary N) is 2. The second-order valence-electron chi connectivity index (χ2n) is 8.06. The van der Waals surface area contributed by atoms with Crippen molar-refractivity contribution in [1.29, 1.82) is 0 Å². The van der Waals surface area contributed by atoms with Gasteiger partial charge in [-0.1, -0.05) is 0 Å². The maximum absolute atomic E-state index is 13.4. The van der Waals surface area contributed by atoms with Gasteiger partial charge in [0.2, 0.25) is 0 Å². The summed E-state index contributed by atoms with van der Waals surface area (Å²) in [6.45, 7) is 4.34. The van der Waals surface area contributed by atoms with Crippen LogP contribution in [0, 0.1) is 5.41 Å². The van der Waals surface area contributed by atoms with E-state index in [2.05, 4.69) is 11.8 Å². The van der Waals surface area contributed by atoms with E-state index < -0.39 is 77.6 Å². The Morgan fingerprint density at radius 3 is 1.93 bits per heavy atom. The zero-order chi connectivity index (χ0) is 20.9. The molecular formula is C14H19F6IN2O4. The number of fused-ring (bicyclic) bond motifs is 1. The van der Waals surface area contributed by atoms with E-state index in [1.807, 2.05) is 0 Å². The molecule has 27 heavy (non-hydrogen) atoms. The first kappa shape index (κ1) is 21.3. The molecule has 0 aliphatic carbocycles. The monoisotopic (exact) mass is 520 g/mol. The summed E-state index contributed by atoms with van der Waals surface area (Å²) in [6, 6.07) is 0. The number of carbonyl (C=O) groups excluding carboxylic acids is 1. The van der Waals surface area contributed by atoms with Gasteiger partial charge >= 0.3 is 158 Å². The Morgan fingerprint density at radius 2 is 1.56 bits per heavy atom. The summed E-state index contributed by atoms with van der Waals surface area (Å²) in [4.78, 5) is 12.6. The third-order valence-corrected chi connectivity index (χ3v) is 10.3. The van der Waals surface area contributed by atoms with Crippen molar-refractivity contribution in [2.24, 2.45) is 5.41 Å². The van der Waals surface area contributed by atoms with Crippen molar-refractivity contribution < 1.29 is 45.7 Å². The molecule has 158 valence electrons. The molecule has 0 bridgehead atoms. The number of hydrogen-bond donors (Lipinski definition) is 3. The summed E-state index contributed by atoms with van der Waals surface area (Å²) in [6.07, 6.45) is -13.2. The van der Waals surface area contributed by atoms with E-state index in [0.29, 0.717) is 6.92 Å². The molecule has 3 aliphatic rings. The Labute approximate surface area is 158 Å². The van der Waals surface area contributed by atoms with Gasteiger partial charge in [0.05, 0.1) is 0 Å². The number of hydrogen-bond acceptors (Lipinski definition) is 6. The SMILES string of the molecule is CC1(OC(=O)C(C)(C)C23NI2N3)CC(C)(C(F)(F)F)OC(O)(C(F)(F)F)C1. The van der Waals surface area contributed by atoms with Crippen LogP contribution in [0.1, 0.15) is 40.5 Å². The summed E-state index contributed by atoms with van der Waals surface area (Å²) in [7, 11) is 0. The molecule has 3 atom stereocenters. The molecule has 0 amide bonds. The van der Waals surface area contributed by atoms with Crippen LogP contribution in [0.15, 0.2) is 0 Å². The predicted octanol–water partition coefficient (Wildman–Crippen LogP) is 2.89. The molecule has 0 aromatic rings. The number of aliphatic hydroxyl groups is 1. The van der Waals surface area contributed by atoms with E-state index in [0.717, 1.165) is 6.92 Å². The molecule has 0 saturated carbocycles. The first-order valence-corrected chi connectivity index (χ1v) is 11.1. The molecule has 3 fully saturated rings. The molecule has 0 radical (unpaired) electrons. The first-order valence-electron chi connectivity index (χ1n) is 7.86. The molecular weight excluding hydrogens is 501 g/mol. The second-order valence-corrected chi connectivity index (χ2v) is 12.4. The molecule has 3 saturated heterocycles. The van der Waals surface area contributed by atoms with Crippen molar-refractivity contribution in [1.82, 2.24) is 7.06 Å². The molecule has 3 heterocycles. The Hall–Kier alpha value is -0.380. The van der Waals surface area contributed by atoms with Gasteiger partial charge in [-0.15, -0.1) is 0 Å². The number of carbonyl (C=O) groups is 1. The van der Waals surface area contributed by atoms with Gasteiger partial charge in [0.25, 0.3) is 0 Å². The molecule has 0 aromatic carbocycles. The van der Waals surface area contributed by atoms with Crippen LogP contribution in [0.2, 0.25) is 0 Å². The van der Waals surface area contributed by atoms with Crippen molar-refractivity contribution in [3.63, 3.8) is 0 Å². The zero-order valence-corrected chi connectivity index (χ0v) is 16.9. The van der Waals surface area contributed by atoms with Gasteiger partial charge in [-0.05, 0) is 0 Å². The average Bonchev–Trinajstić information content (AvgIpc) is 3.21. The van der Waals surface area contributed by atoms with Crippen LogP contribution in [0.25, 0.3) is 0 Å². The molecule has 3 N–H and O–H groups in total. The summed E-state index contributed by atoms with van der Waals surface area (Å²) >= 11 is -1.63. The number of rotatable bonds is 3. The van der Waals surface area contributed by atoms with E-state index >= 15 is 0 Å². The van der Waals surface area contributed by atoms with Crippen molar-refractivity contribution in [3.05, 3.63) is 0 Å². The Bertz CT molecular complexity index is 649. The van der Waals surface area contributed by atoms with E-state index in [1.54, 1.807) is 0 Å². The van der Waals surface area contributed by atoms with Crippen LogP contribution in [0.3, 0.4) is 0 Å². The van der Waals surface area contributed by atoms with E-state index in [4.69, 9.17) is 4.74 Å². The normalized spacial score (nSPS) is 39.6. The standard InChI is InChI=1S/C14H19F6IN2O4/c1-8(2,14-21(22-14)23-14)7(24)26-9(3)5-10(4,12(15,16)17)27-11(25,6-9)13(18,19)20/h22-23,25H,5-6H2,1-4H3. The fourth-order valence-corrected chi connectivity index (χ4v) is 8.87. The summed E-state index contributed by atoms with van der Waals surface area (Å²) in [5.74, 6) is -5.06. The molecule has 3 aliphatic heterocycles. The van der Waals surface area contributed by atoms with Gasteiger partial charge in [-0.2, -0.15) is 0 Å². The summed E-state index contributed by atoms with van der Waals surface area (Å²) in [5, 5.41) is 9.88. The second kappa shape index (κ2) is 5.40. The van der Waals surface area contributed by atoms with Crippen molar-refractivity contribution in [2.45, 2.75) is 73.5 Å². The van der Waals surface area contributed by atoms with E-state index in [9.17, 15) is 36.2 Å². The summed E-state index contributed by atoms with van der Waals surface area (Å²) < 4.78 is 95.0. The fourth-order valence-electron chi connectivity index (χ4n) is 3.31. The predicted molar refractivity (Wildman–Crippen MR) is 87.1 cm³/mol. The summed E-state index contributed by atoms with van der Waals surface area (Å²) in [5.41, 5.74) is -6.79. The van der Waals surface area contributed by atoms with Crippen LogP contribution in [0.5, 0.6) is 0 Å². The first-order chi connectivity index (χ1) is 11.8. The van der Waals surface area contributed by atoms with E-state index in [1.165, 1.54) is 13.8 Å². The number of esters is 1. The molecule has 0 aromatic heterocycles. The van der Waals surface area contributed by atoms with Gasteiger partial charge in [-0.25, -0.2) is 0 Å². The van der Waals surface area contributed by atoms with Crippen LogP contribution < -0.4 is 7.06 Å². The van der Waals surface area contributed by atoms with Gasteiger partial charge in [0, 0.05) is 0 Å². The fraction of sp³-hybridized carbons (Fsp3) is 0.929. The molecule has 0 spiro atoms. The van der Waals surface area contributed by atoms with Crippen LogP contribution in [0.4, 0.5) is 26.3 Å². The topological polar surface area (TPSA) is 99.6 Å². The minimum atomic E-state index is -5.52. The van der Waals surface area contributed by atoms with Crippen molar-refractivity contribution in [3.8, 4) is 0 Å².